The van der Waals surface area contributed by atoms with E-state index in [1.165, 1.54) is 12.1 Å². The average molecular weight is 390 g/mol. The molecule has 0 amide bonds. The molecule has 0 saturated carbocycles. The number of fused-ring (bicyclic) bond motifs is 3. The van der Waals surface area contributed by atoms with Crippen molar-refractivity contribution in [2.75, 3.05) is 22.9 Å². The summed E-state index contributed by atoms with van der Waals surface area (Å²) in [7, 11) is 0. The Morgan fingerprint density at radius 3 is 2.36 bits per heavy atom. The molecule has 28 heavy (non-hydrogen) atoms. The third kappa shape index (κ3) is 3.08. The van der Waals surface area contributed by atoms with Crippen LogP contribution in [0.5, 0.6) is 0 Å². The number of carboxylic acid groups (broad SMARTS) is 1. The first-order valence-corrected chi connectivity index (χ1v) is 9.23. The highest BCUT2D eigenvalue weighted by Gasteiger charge is 2.45. The van der Waals surface area contributed by atoms with Crippen LogP contribution in [0.15, 0.2) is 48.5 Å². The van der Waals surface area contributed by atoms with E-state index in [0.717, 1.165) is 23.5 Å². The molecule has 2 aliphatic rings. The van der Waals surface area contributed by atoms with Gasteiger partial charge in [0.05, 0.1) is 22.4 Å². The Bertz CT molecular complexity index is 897. The lowest BCUT2D eigenvalue weighted by atomic mass is 9.76. The van der Waals surface area contributed by atoms with E-state index in [1.54, 1.807) is 6.92 Å². The van der Waals surface area contributed by atoms with Crippen LogP contribution in [0, 0.1) is 5.41 Å². The Morgan fingerprint density at radius 2 is 1.75 bits per heavy atom. The summed E-state index contributed by atoms with van der Waals surface area (Å²) in [6.07, 6.45) is -3.32. The van der Waals surface area contributed by atoms with Crippen molar-refractivity contribution in [2.24, 2.45) is 5.41 Å². The third-order valence-electron chi connectivity index (χ3n) is 5.93. The van der Waals surface area contributed by atoms with Crippen LogP contribution in [0.4, 0.5) is 30.2 Å². The summed E-state index contributed by atoms with van der Waals surface area (Å²) >= 11 is 0. The first kappa shape index (κ1) is 18.7. The lowest BCUT2D eigenvalue weighted by molar-refractivity contribution is -0.149. The molecule has 2 heterocycles. The molecule has 2 atom stereocenters. The summed E-state index contributed by atoms with van der Waals surface area (Å²) in [4.78, 5) is 16.0. The lowest BCUT2D eigenvalue weighted by Gasteiger charge is -2.50. The second kappa shape index (κ2) is 6.43. The normalized spacial score (nSPS) is 24.5. The minimum Gasteiger partial charge on any atom is -0.481 e. The number of hydrogen-bond acceptors (Lipinski definition) is 3. The van der Waals surface area contributed by atoms with Crippen LogP contribution >= 0.6 is 0 Å². The van der Waals surface area contributed by atoms with Gasteiger partial charge in [0.15, 0.2) is 0 Å². The quantitative estimate of drug-likeness (QED) is 0.791. The van der Waals surface area contributed by atoms with Gasteiger partial charge >= 0.3 is 12.1 Å². The zero-order chi connectivity index (χ0) is 20.1. The smallest absolute Gasteiger partial charge is 0.416 e. The summed E-state index contributed by atoms with van der Waals surface area (Å²) < 4.78 is 38.7. The fraction of sp³-hybridized carbons (Fsp3) is 0.381. The molecule has 2 aromatic carbocycles. The molecule has 0 spiro atoms. The van der Waals surface area contributed by atoms with Crippen LogP contribution in [0.3, 0.4) is 0 Å². The predicted molar refractivity (Wildman–Crippen MR) is 101 cm³/mol. The Balaban J connectivity index is 1.71. The van der Waals surface area contributed by atoms with E-state index in [9.17, 15) is 23.1 Å². The molecule has 1 fully saturated rings. The summed E-state index contributed by atoms with van der Waals surface area (Å²) in [5, 5.41) is 9.63. The van der Waals surface area contributed by atoms with Crippen molar-refractivity contribution in [3.63, 3.8) is 0 Å². The second-order valence-corrected chi connectivity index (χ2v) is 7.81. The maximum atomic E-state index is 12.9. The van der Waals surface area contributed by atoms with E-state index in [2.05, 4.69) is 4.90 Å². The number of hydrogen-bond donors (Lipinski definition) is 1. The van der Waals surface area contributed by atoms with Gasteiger partial charge in [0.25, 0.3) is 0 Å². The SMILES string of the molecule is C[C@]1(C(=O)O)CCN2c3ccccc3N(c3ccc(C(F)(F)F)cc3)C[C@@H]2C1. The number of aliphatic carboxylic acids is 1. The first-order chi connectivity index (χ1) is 13.2. The molecule has 1 saturated heterocycles. The molecule has 1 N–H and O–H groups in total. The molecular formula is C21H21F3N2O2. The zero-order valence-corrected chi connectivity index (χ0v) is 15.4. The van der Waals surface area contributed by atoms with E-state index in [0.29, 0.717) is 31.6 Å². The fourth-order valence-corrected chi connectivity index (χ4v) is 4.28. The molecule has 0 unspecified atom stereocenters. The summed E-state index contributed by atoms with van der Waals surface area (Å²) in [5.74, 6) is -0.799. The molecule has 0 bridgehead atoms. The molecule has 0 aromatic heterocycles. The number of piperidine rings is 1. The molecule has 0 aliphatic carbocycles. The second-order valence-electron chi connectivity index (χ2n) is 7.81. The molecule has 2 aliphatic heterocycles. The predicted octanol–water partition coefficient (Wildman–Crippen LogP) is 4.92. The van der Waals surface area contributed by atoms with Crippen LogP contribution in [0.2, 0.25) is 0 Å². The number of nitrogens with zero attached hydrogens (tertiary/aromatic N) is 2. The van der Waals surface area contributed by atoms with Gasteiger partial charge < -0.3 is 14.9 Å². The van der Waals surface area contributed by atoms with E-state index in [4.69, 9.17) is 0 Å². The van der Waals surface area contributed by atoms with Crippen LogP contribution in [-0.4, -0.2) is 30.2 Å². The number of anilines is 3. The number of halogens is 3. The molecule has 4 nitrogen and oxygen atoms in total. The summed E-state index contributed by atoms with van der Waals surface area (Å²) in [6, 6.07) is 12.9. The Labute approximate surface area is 161 Å². The van der Waals surface area contributed by atoms with Crippen molar-refractivity contribution < 1.29 is 23.1 Å². The monoisotopic (exact) mass is 390 g/mol. The highest BCUT2D eigenvalue weighted by molar-refractivity contribution is 5.81. The number of para-hydroxylation sites is 2. The molecule has 0 radical (unpaired) electrons. The third-order valence-corrected chi connectivity index (χ3v) is 5.93. The molecule has 148 valence electrons. The van der Waals surface area contributed by atoms with Crippen molar-refractivity contribution >= 4 is 23.0 Å². The Kier molecular flexibility index (Phi) is 4.28. The fourth-order valence-electron chi connectivity index (χ4n) is 4.28. The highest BCUT2D eigenvalue weighted by atomic mass is 19.4. The number of alkyl halides is 3. The number of carboxylic acids is 1. The lowest BCUT2D eigenvalue weighted by Crippen LogP contribution is -2.55. The minimum atomic E-state index is -4.37. The van der Waals surface area contributed by atoms with Gasteiger partial charge in [-0.1, -0.05) is 12.1 Å². The number of rotatable bonds is 2. The average Bonchev–Trinajstić information content (AvgIpc) is 2.66. The van der Waals surface area contributed by atoms with Gasteiger partial charge in [-0.05, 0) is 56.2 Å². The highest BCUT2D eigenvalue weighted by Crippen LogP contribution is 2.46. The van der Waals surface area contributed by atoms with Gasteiger partial charge in [0.1, 0.15) is 0 Å². The van der Waals surface area contributed by atoms with E-state index < -0.39 is 23.1 Å². The van der Waals surface area contributed by atoms with Gasteiger partial charge in [-0.25, -0.2) is 0 Å². The maximum absolute atomic E-state index is 12.9. The zero-order valence-electron chi connectivity index (χ0n) is 15.4. The number of carbonyl (C=O) groups is 1. The van der Waals surface area contributed by atoms with Gasteiger partial charge in [-0.15, -0.1) is 0 Å². The standard InChI is InChI=1S/C21H21F3N2O2/c1-20(19(27)28)10-11-25-16(12-20)13-26(18-5-3-2-4-17(18)25)15-8-6-14(7-9-15)21(22,23)24/h2-9,16H,10-13H2,1H3,(H,27,28)/t16-,20-/m0/s1. The van der Waals surface area contributed by atoms with Crippen LogP contribution in [0.1, 0.15) is 25.3 Å². The van der Waals surface area contributed by atoms with Crippen molar-refractivity contribution in [1.82, 2.24) is 0 Å². The maximum Gasteiger partial charge on any atom is 0.416 e. The Morgan fingerprint density at radius 1 is 1.11 bits per heavy atom. The molecule has 2 aromatic rings. The van der Waals surface area contributed by atoms with Gasteiger partial charge in [-0.3, -0.25) is 4.79 Å². The van der Waals surface area contributed by atoms with E-state index >= 15 is 0 Å². The topological polar surface area (TPSA) is 43.8 Å². The Hall–Kier alpha value is -2.70. The molecule has 7 heteroatoms. The van der Waals surface area contributed by atoms with Crippen molar-refractivity contribution in [3.8, 4) is 0 Å². The van der Waals surface area contributed by atoms with Crippen LogP contribution in [-0.2, 0) is 11.0 Å². The van der Waals surface area contributed by atoms with Crippen molar-refractivity contribution in [3.05, 3.63) is 54.1 Å². The van der Waals surface area contributed by atoms with Gasteiger partial charge in [0, 0.05) is 24.8 Å². The van der Waals surface area contributed by atoms with Gasteiger partial charge in [0.2, 0.25) is 0 Å². The first-order valence-electron chi connectivity index (χ1n) is 9.23. The van der Waals surface area contributed by atoms with E-state index in [-0.39, 0.29) is 6.04 Å². The van der Waals surface area contributed by atoms with Crippen LogP contribution in [0.25, 0.3) is 0 Å². The summed E-state index contributed by atoms with van der Waals surface area (Å²) in [6.45, 7) is 2.95. The molecular weight excluding hydrogens is 369 g/mol. The number of benzene rings is 2. The molecule has 4 rings (SSSR count). The minimum absolute atomic E-state index is 0.0213. The van der Waals surface area contributed by atoms with Crippen molar-refractivity contribution in [1.29, 1.82) is 0 Å². The van der Waals surface area contributed by atoms with Gasteiger partial charge in [-0.2, -0.15) is 13.2 Å². The van der Waals surface area contributed by atoms with Crippen LogP contribution < -0.4 is 9.80 Å². The summed E-state index contributed by atoms with van der Waals surface area (Å²) in [5.41, 5.74) is 1.12. The van der Waals surface area contributed by atoms with E-state index in [1.807, 2.05) is 29.2 Å². The van der Waals surface area contributed by atoms with Crippen molar-refractivity contribution in [2.45, 2.75) is 32.0 Å². The largest absolute Gasteiger partial charge is 0.481 e.